The lowest BCUT2D eigenvalue weighted by molar-refractivity contribution is 0.102. The molecule has 0 saturated heterocycles. The zero-order chi connectivity index (χ0) is 23.8. The first-order valence-corrected chi connectivity index (χ1v) is 10.6. The predicted octanol–water partition coefficient (Wildman–Crippen LogP) is 5.22. The van der Waals surface area contributed by atoms with Gasteiger partial charge in [0, 0.05) is 12.6 Å². The quantitative estimate of drug-likeness (QED) is 0.395. The molecule has 6 nitrogen and oxygen atoms in total. The summed E-state index contributed by atoms with van der Waals surface area (Å²) in [5.41, 5.74) is 1.52. The molecule has 0 atom stereocenters. The van der Waals surface area contributed by atoms with E-state index in [0.717, 1.165) is 9.87 Å². The van der Waals surface area contributed by atoms with Crippen LogP contribution in [-0.4, -0.2) is 25.1 Å². The lowest BCUT2D eigenvalue weighted by Gasteiger charge is -2.19. The summed E-state index contributed by atoms with van der Waals surface area (Å²) in [6.45, 7) is 2.41. The van der Waals surface area contributed by atoms with Crippen LogP contribution in [0.4, 0.5) is 25.0 Å². The highest BCUT2D eigenvalue weighted by atomic mass is 32.1. The number of carbonyl (C=O) groups excluding carboxylic acids is 2. The molecule has 0 bridgehead atoms. The maximum absolute atomic E-state index is 13.9. The summed E-state index contributed by atoms with van der Waals surface area (Å²) < 4.78 is 33.6. The lowest BCUT2D eigenvalue weighted by atomic mass is 10.1. The average Bonchev–Trinajstić information content (AvgIpc) is 2.81. The highest BCUT2D eigenvalue weighted by Gasteiger charge is 2.17. The summed E-state index contributed by atoms with van der Waals surface area (Å²) in [6, 6.07) is 15.9. The summed E-state index contributed by atoms with van der Waals surface area (Å²) in [5, 5.41) is 5.36. The molecule has 0 aliphatic carbocycles. The molecule has 9 heteroatoms. The Morgan fingerprint density at radius 3 is 2.45 bits per heavy atom. The number of carbonyl (C=O) groups is 2. The van der Waals surface area contributed by atoms with Crippen LogP contribution in [0.3, 0.4) is 0 Å². The van der Waals surface area contributed by atoms with Crippen LogP contribution in [0.15, 0.2) is 66.7 Å². The highest BCUT2D eigenvalue weighted by Crippen LogP contribution is 2.31. The van der Waals surface area contributed by atoms with Crippen molar-refractivity contribution in [2.24, 2.45) is 0 Å². The number of anilines is 2. The Balaban J connectivity index is 1.66. The van der Waals surface area contributed by atoms with Crippen LogP contribution in [0.25, 0.3) is 0 Å². The van der Waals surface area contributed by atoms with E-state index in [9.17, 15) is 18.4 Å². The van der Waals surface area contributed by atoms with E-state index in [0.29, 0.717) is 36.7 Å². The van der Waals surface area contributed by atoms with Crippen LogP contribution < -0.4 is 19.7 Å². The second kappa shape index (κ2) is 11.3. The molecule has 3 aromatic carbocycles. The van der Waals surface area contributed by atoms with Crippen LogP contribution >= 0.6 is 12.8 Å². The molecule has 0 aliphatic rings. The van der Waals surface area contributed by atoms with Gasteiger partial charge in [-0.05, 0) is 55.3 Å². The van der Waals surface area contributed by atoms with Crippen molar-refractivity contribution in [3.05, 3.63) is 89.5 Å². The maximum atomic E-state index is 13.9. The molecule has 3 rings (SSSR count). The molecule has 0 unspecified atom stereocenters. The summed E-state index contributed by atoms with van der Waals surface area (Å²) >= 11 is 4.26. The molecule has 0 radical (unpaired) electrons. The van der Waals surface area contributed by atoms with Crippen molar-refractivity contribution < 1.29 is 23.1 Å². The Morgan fingerprint density at radius 1 is 1.03 bits per heavy atom. The molecule has 2 N–H and O–H groups in total. The molecule has 0 saturated carbocycles. The minimum atomic E-state index is -0.636. The Bertz CT molecular complexity index is 1130. The van der Waals surface area contributed by atoms with Crippen molar-refractivity contribution in [3.63, 3.8) is 0 Å². The first-order chi connectivity index (χ1) is 15.9. The Labute approximate surface area is 196 Å². The zero-order valence-electron chi connectivity index (χ0n) is 17.8. The molecular weight excluding hydrogens is 448 g/mol. The first-order valence-electron chi connectivity index (χ1n) is 10.2. The summed E-state index contributed by atoms with van der Waals surface area (Å²) in [5.74, 6) is -1.27. The molecule has 172 valence electrons. The van der Waals surface area contributed by atoms with Gasteiger partial charge in [0.25, 0.3) is 5.91 Å². The molecule has 0 heterocycles. The number of hydrogen-bond acceptors (Lipinski definition) is 4. The van der Waals surface area contributed by atoms with Crippen LogP contribution in [0.2, 0.25) is 0 Å². The molecule has 0 spiro atoms. The van der Waals surface area contributed by atoms with Gasteiger partial charge in [-0.3, -0.25) is 4.79 Å². The summed E-state index contributed by atoms with van der Waals surface area (Å²) in [6.07, 6.45) is 0.527. The number of benzene rings is 3. The van der Waals surface area contributed by atoms with E-state index in [2.05, 4.69) is 23.4 Å². The molecule has 0 aliphatic heterocycles. The normalized spacial score (nSPS) is 10.4. The van der Waals surface area contributed by atoms with Crippen molar-refractivity contribution in [2.75, 3.05) is 22.8 Å². The van der Waals surface area contributed by atoms with E-state index in [1.54, 1.807) is 43.3 Å². The monoisotopic (exact) mass is 471 g/mol. The fourth-order valence-electron chi connectivity index (χ4n) is 3.01. The van der Waals surface area contributed by atoms with E-state index >= 15 is 0 Å². The predicted molar refractivity (Wildman–Crippen MR) is 127 cm³/mol. The van der Waals surface area contributed by atoms with Crippen LogP contribution in [0.1, 0.15) is 22.8 Å². The molecule has 0 fully saturated rings. The van der Waals surface area contributed by atoms with Gasteiger partial charge < -0.3 is 15.4 Å². The number of hydrogen-bond donors (Lipinski definition) is 3. The van der Waals surface area contributed by atoms with Gasteiger partial charge in [-0.25, -0.2) is 17.9 Å². The maximum Gasteiger partial charge on any atom is 0.331 e. The Kier molecular flexibility index (Phi) is 8.26. The topological polar surface area (TPSA) is 70.7 Å². The number of thiol groups is 1. The fraction of sp³-hybridized carbons (Fsp3) is 0.167. The molecular formula is C24H23F2N3O3S. The first kappa shape index (κ1) is 24.1. The Morgan fingerprint density at radius 2 is 1.76 bits per heavy atom. The summed E-state index contributed by atoms with van der Waals surface area (Å²) in [7, 11) is 0. The number of ether oxygens (including phenoxy) is 1. The van der Waals surface area contributed by atoms with E-state index in [1.807, 2.05) is 0 Å². The van der Waals surface area contributed by atoms with Crippen molar-refractivity contribution in [3.8, 4) is 5.75 Å². The van der Waals surface area contributed by atoms with E-state index in [1.165, 1.54) is 30.3 Å². The van der Waals surface area contributed by atoms with Crippen molar-refractivity contribution >= 4 is 36.1 Å². The third-order valence-corrected chi connectivity index (χ3v) is 5.08. The lowest BCUT2D eigenvalue weighted by Crippen LogP contribution is -2.35. The molecule has 33 heavy (non-hydrogen) atoms. The number of amides is 3. The van der Waals surface area contributed by atoms with Gasteiger partial charge in [-0.15, -0.1) is 0 Å². The zero-order valence-corrected chi connectivity index (χ0v) is 18.7. The third-order valence-electron chi connectivity index (χ3n) is 4.67. The van der Waals surface area contributed by atoms with Gasteiger partial charge in [0.15, 0.2) is 0 Å². The standard InChI is InChI=1S/C24H23F2N3O3S/c1-2-32-22-15-18(11-12-21(22)28-23(30)19-5-3-4-6-20(19)26)29(33)24(31)27-14-13-16-7-9-17(25)10-8-16/h3-12,15,33H,2,13-14H2,1H3,(H,27,31)(H,28,30). The van der Waals surface area contributed by atoms with Gasteiger partial charge in [0.05, 0.1) is 23.5 Å². The van der Waals surface area contributed by atoms with Crippen LogP contribution in [0, 0.1) is 11.6 Å². The fourth-order valence-corrected chi connectivity index (χ4v) is 3.21. The summed E-state index contributed by atoms with van der Waals surface area (Å²) in [4.78, 5) is 24.9. The minimum absolute atomic E-state index is 0.0969. The number of urea groups is 1. The highest BCUT2D eigenvalue weighted by molar-refractivity contribution is 7.82. The minimum Gasteiger partial charge on any atom is -0.492 e. The van der Waals surface area contributed by atoms with Crippen LogP contribution in [0.5, 0.6) is 5.75 Å². The van der Waals surface area contributed by atoms with Crippen molar-refractivity contribution in [1.29, 1.82) is 0 Å². The van der Waals surface area contributed by atoms with Gasteiger partial charge in [0.2, 0.25) is 0 Å². The Hall–Kier alpha value is -3.59. The third kappa shape index (κ3) is 6.45. The van der Waals surface area contributed by atoms with Gasteiger partial charge in [-0.2, -0.15) is 0 Å². The molecule has 0 aromatic heterocycles. The SMILES string of the molecule is CCOc1cc(N(S)C(=O)NCCc2ccc(F)cc2)ccc1NC(=O)c1ccccc1F. The number of halogens is 2. The van der Waals surface area contributed by atoms with Gasteiger partial charge in [0.1, 0.15) is 17.4 Å². The molecule has 3 aromatic rings. The van der Waals surface area contributed by atoms with E-state index < -0.39 is 17.8 Å². The largest absolute Gasteiger partial charge is 0.492 e. The second-order valence-corrected chi connectivity index (χ2v) is 7.37. The van der Waals surface area contributed by atoms with Gasteiger partial charge in [-0.1, -0.05) is 37.1 Å². The van der Waals surface area contributed by atoms with Crippen molar-refractivity contribution in [2.45, 2.75) is 13.3 Å². The van der Waals surface area contributed by atoms with Gasteiger partial charge >= 0.3 is 6.03 Å². The van der Waals surface area contributed by atoms with E-state index in [4.69, 9.17) is 4.74 Å². The number of nitrogens with zero attached hydrogens (tertiary/aromatic N) is 1. The number of rotatable bonds is 8. The van der Waals surface area contributed by atoms with Crippen molar-refractivity contribution in [1.82, 2.24) is 5.32 Å². The molecule has 3 amide bonds. The average molecular weight is 472 g/mol. The smallest absolute Gasteiger partial charge is 0.331 e. The second-order valence-electron chi connectivity index (χ2n) is 6.97. The number of nitrogens with one attached hydrogen (secondary N) is 2. The van der Waals surface area contributed by atoms with E-state index in [-0.39, 0.29) is 11.4 Å². The van der Waals surface area contributed by atoms with Crippen LogP contribution in [-0.2, 0) is 6.42 Å².